The van der Waals surface area contributed by atoms with Gasteiger partial charge in [-0.3, -0.25) is 4.79 Å². The summed E-state index contributed by atoms with van der Waals surface area (Å²) in [5.74, 6) is -1.21. The topological polar surface area (TPSA) is 72.9 Å². The van der Waals surface area contributed by atoms with Crippen molar-refractivity contribution in [1.82, 2.24) is 15.1 Å². The molecular formula is C11H19N3O3. The zero-order chi connectivity index (χ0) is 12.4. The third-order valence-corrected chi connectivity index (χ3v) is 3.71. The summed E-state index contributed by atoms with van der Waals surface area (Å²) < 4.78 is 0. The standard InChI is InChI=1S/C11H19N3O3/c1-8-9(10(15)16)2-5-14(8)11(17)13-6-3-12-4-7-13/h8-9,12H,2-7H2,1H3,(H,15,16). The van der Waals surface area contributed by atoms with E-state index in [2.05, 4.69) is 5.32 Å². The molecule has 0 aliphatic carbocycles. The van der Waals surface area contributed by atoms with Crippen LogP contribution in [0, 0.1) is 5.92 Å². The van der Waals surface area contributed by atoms with Gasteiger partial charge in [0.2, 0.25) is 0 Å². The van der Waals surface area contributed by atoms with Gasteiger partial charge in [-0.15, -0.1) is 0 Å². The molecule has 2 rings (SSSR count). The molecule has 2 atom stereocenters. The third-order valence-electron chi connectivity index (χ3n) is 3.71. The quantitative estimate of drug-likeness (QED) is 0.667. The van der Waals surface area contributed by atoms with Crippen LogP contribution in [0.2, 0.25) is 0 Å². The molecule has 96 valence electrons. The number of hydrogen-bond acceptors (Lipinski definition) is 3. The van der Waals surface area contributed by atoms with Crippen molar-refractivity contribution < 1.29 is 14.7 Å². The van der Waals surface area contributed by atoms with Gasteiger partial charge in [-0.05, 0) is 13.3 Å². The van der Waals surface area contributed by atoms with E-state index in [1.165, 1.54) is 0 Å². The van der Waals surface area contributed by atoms with Crippen LogP contribution in [0.25, 0.3) is 0 Å². The summed E-state index contributed by atoms with van der Waals surface area (Å²) in [6.07, 6.45) is 0.564. The van der Waals surface area contributed by atoms with Gasteiger partial charge in [0.1, 0.15) is 0 Å². The third kappa shape index (κ3) is 2.36. The number of hydrogen-bond donors (Lipinski definition) is 2. The number of piperazine rings is 1. The number of nitrogens with one attached hydrogen (secondary N) is 1. The average Bonchev–Trinajstić information content (AvgIpc) is 2.71. The highest BCUT2D eigenvalue weighted by Crippen LogP contribution is 2.25. The number of carbonyl (C=O) groups excluding carboxylic acids is 1. The molecule has 2 saturated heterocycles. The number of urea groups is 1. The lowest BCUT2D eigenvalue weighted by atomic mass is 10.0. The van der Waals surface area contributed by atoms with Gasteiger partial charge in [0.05, 0.1) is 5.92 Å². The number of amides is 2. The first-order valence-corrected chi connectivity index (χ1v) is 6.10. The summed E-state index contributed by atoms with van der Waals surface area (Å²) in [6, 6.07) is -0.211. The Morgan fingerprint density at radius 1 is 1.24 bits per heavy atom. The molecular weight excluding hydrogens is 222 g/mol. The highest BCUT2D eigenvalue weighted by Gasteiger charge is 2.39. The maximum Gasteiger partial charge on any atom is 0.320 e. The maximum absolute atomic E-state index is 12.2. The lowest BCUT2D eigenvalue weighted by molar-refractivity contribution is -0.142. The maximum atomic E-state index is 12.2. The SMILES string of the molecule is CC1C(C(=O)O)CCN1C(=O)N1CCNCC1. The van der Waals surface area contributed by atoms with E-state index in [0.717, 1.165) is 13.1 Å². The summed E-state index contributed by atoms with van der Waals surface area (Å²) in [7, 11) is 0. The van der Waals surface area contributed by atoms with E-state index < -0.39 is 11.9 Å². The van der Waals surface area contributed by atoms with E-state index in [-0.39, 0.29) is 12.1 Å². The Kier molecular flexibility index (Phi) is 3.51. The molecule has 0 radical (unpaired) electrons. The van der Waals surface area contributed by atoms with E-state index >= 15 is 0 Å². The Hall–Kier alpha value is -1.30. The van der Waals surface area contributed by atoms with Crippen LogP contribution in [-0.4, -0.2) is 65.7 Å². The molecule has 2 aliphatic rings. The predicted molar refractivity (Wildman–Crippen MR) is 61.7 cm³/mol. The van der Waals surface area contributed by atoms with Gasteiger partial charge in [0.15, 0.2) is 0 Å². The van der Waals surface area contributed by atoms with Crippen molar-refractivity contribution in [2.45, 2.75) is 19.4 Å². The summed E-state index contributed by atoms with van der Waals surface area (Å²) in [5, 5.41) is 12.2. The minimum atomic E-state index is -0.798. The molecule has 0 aromatic rings. The van der Waals surface area contributed by atoms with Gasteiger partial charge in [-0.1, -0.05) is 0 Å². The smallest absolute Gasteiger partial charge is 0.320 e. The van der Waals surface area contributed by atoms with Crippen molar-refractivity contribution in [3.8, 4) is 0 Å². The van der Waals surface area contributed by atoms with Crippen molar-refractivity contribution in [3.63, 3.8) is 0 Å². The minimum absolute atomic E-state index is 0.0113. The zero-order valence-electron chi connectivity index (χ0n) is 10.1. The average molecular weight is 241 g/mol. The molecule has 2 aliphatic heterocycles. The minimum Gasteiger partial charge on any atom is -0.481 e. The molecule has 2 N–H and O–H groups in total. The fourth-order valence-electron chi connectivity index (χ4n) is 2.58. The van der Waals surface area contributed by atoms with Gasteiger partial charge in [-0.25, -0.2) is 4.79 Å². The van der Waals surface area contributed by atoms with Crippen LogP contribution in [-0.2, 0) is 4.79 Å². The molecule has 2 heterocycles. The normalized spacial score (nSPS) is 29.5. The van der Waals surface area contributed by atoms with Gasteiger partial charge in [0.25, 0.3) is 0 Å². The van der Waals surface area contributed by atoms with Crippen molar-refractivity contribution in [3.05, 3.63) is 0 Å². The predicted octanol–water partition coefficient (Wildman–Crippen LogP) is -0.193. The molecule has 17 heavy (non-hydrogen) atoms. The molecule has 2 fully saturated rings. The molecule has 2 unspecified atom stereocenters. The monoisotopic (exact) mass is 241 g/mol. The van der Waals surface area contributed by atoms with Crippen LogP contribution < -0.4 is 5.32 Å². The lowest BCUT2D eigenvalue weighted by Crippen LogP contribution is -2.52. The van der Waals surface area contributed by atoms with Crippen LogP contribution in [0.15, 0.2) is 0 Å². The molecule has 6 heteroatoms. The molecule has 2 amide bonds. The first kappa shape index (κ1) is 12.2. The van der Waals surface area contributed by atoms with Crippen molar-refractivity contribution in [2.75, 3.05) is 32.7 Å². The lowest BCUT2D eigenvalue weighted by Gasteiger charge is -2.33. The zero-order valence-corrected chi connectivity index (χ0v) is 10.1. The van der Waals surface area contributed by atoms with Crippen molar-refractivity contribution in [2.24, 2.45) is 5.92 Å². The number of rotatable bonds is 1. The molecule has 0 aromatic carbocycles. The highest BCUT2D eigenvalue weighted by molar-refractivity contribution is 5.78. The largest absolute Gasteiger partial charge is 0.481 e. The highest BCUT2D eigenvalue weighted by atomic mass is 16.4. The van der Waals surface area contributed by atoms with Gasteiger partial charge < -0.3 is 20.2 Å². The fraction of sp³-hybridized carbons (Fsp3) is 0.818. The Balaban J connectivity index is 1.98. The van der Waals surface area contributed by atoms with E-state index in [0.29, 0.717) is 26.1 Å². The first-order valence-electron chi connectivity index (χ1n) is 6.10. The summed E-state index contributed by atoms with van der Waals surface area (Å²) in [5.41, 5.74) is 0. The Morgan fingerprint density at radius 3 is 2.41 bits per heavy atom. The fourth-order valence-corrected chi connectivity index (χ4v) is 2.58. The number of nitrogens with zero attached hydrogens (tertiary/aromatic N) is 2. The second kappa shape index (κ2) is 4.91. The van der Waals surface area contributed by atoms with Crippen molar-refractivity contribution >= 4 is 12.0 Å². The summed E-state index contributed by atoms with van der Waals surface area (Å²) >= 11 is 0. The number of likely N-dealkylation sites (tertiary alicyclic amines) is 1. The van der Waals surface area contributed by atoms with E-state index in [4.69, 9.17) is 5.11 Å². The number of carbonyl (C=O) groups is 2. The van der Waals surface area contributed by atoms with E-state index in [1.807, 2.05) is 6.92 Å². The Morgan fingerprint density at radius 2 is 1.88 bits per heavy atom. The second-order valence-electron chi connectivity index (χ2n) is 4.69. The molecule has 6 nitrogen and oxygen atoms in total. The molecule has 0 spiro atoms. The van der Waals surface area contributed by atoms with Crippen LogP contribution in [0.1, 0.15) is 13.3 Å². The van der Waals surface area contributed by atoms with Crippen LogP contribution in [0.5, 0.6) is 0 Å². The van der Waals surface area contributed by atoms with Crippen LogP contribution in [0.3, 0.4) is 0 Å². The summed E-state index contributed by atoms with van der Waals surface area (Å²) in [6.45, 7) is 5.43. The number of carboxylic acid groups (broad SMARTS) is 1. The Bertz CT molecular complexity index is 315. The molecule has 0 saturated carbocycles. The summed E-state index contributed by atoms with van der Waals surface area (Å²) in [4.78, 5) is 26.7. The van der Waals surface area contributed by atoms with Crippen LogP contribution >= 0.6 is 0 Å². The van der Waals surface area contributed by atoms with Gasteiger partial charge in [-0.2, -0.15) is 0 Å². The van der Waals surface area contributed by atoms with Crippen LogP contribution in [0.4, 0.5) is 4.79 Å². The van der Waals surface area contributed by atoms with E-state index in [9.17, 15) is 9.59 Å². The first-order chi connectivity index (χ1) is 8.11. The van der Waals surface area contributed by atoms with Gasteiger partial charge in [0, 0.05) is 38.8 Å². The van der Waals surface area contributed by atoms with Gasteiger partial charge >= 0.3 is 12.0 Å². The molecule has 0 aromatic heterocycles. The van der Waals surface area contributed by atoms with Crippen molar-refractivity contribution in [1.29, 1.82) is 0 Å². The second-order valence-corrected chi connectivity index (χ2v) is 4.69. The number of aliphatic carboxylic acids is 1. The Labute approximate surface area is 101 Å². The van der Waals surface area contributed by atoms with E-state index in [1.54, 1.807) is 9.80 Å². The molecule has 0 bridgehead atoms. The number of carboxylic acids is 1.